The number of halogens is 1. The number of rotatable bonds is 4. The topological polar surface area (TPSA) is 30.7 Å². The molecule has 0 radical (unpaired) electrons. The van der Waals surface area contributed by atoms with E-state index in [4.69, 9.17) is 11.6 Å². The predicted octanol–water partition coefficient (Wildman–Crippen LogP) is 1.86. The van der Waals surface area contributed by atoms with Crippen LogP contribution in [-0.4, -0.2) is 20.6 Å². The van der Waals surface area contributed by atoms with E-state index in [-0.39, 0.29) is 0 Å². The van der Waals surface area contributed by atoms with Gasteiger partial charge in [-0.15, -0.1) is 11.6 Å². The molecule has 4 heteroatoms. The molecule has 1 aromatic rings. The molecule has 0 N–H and O–H groups in total. The van der Waals surface area contributed by atoms with Crippen LogP contribution in [0.15, 0.2) is 6.33 Å². The van der Waals surface area contributed by atoms with Gasteiger partial charge in [0, 0.05) is 18.8 Å². The van der Waals surface area contributed by atoms with Crippen LogP contribution in [0.2, 0.25) is 0 Å². The van der Waals surface area contributed by atoms with Crippen molar-refractivity contribution in [1.29, 1.82) is 0 Å². The van der Waals surface area contributed by atoms with E-state index >= 15 is 0 Å². The van der Waals surface area contributed by atoms with Crippen LogP contribution < -0.4 is 0 Å². The third-order valence-corrected chi connectivity index (χ3v) is 3.34. The molecule has 0 atom stereocenters. The molecule has 0 aliphatic heterocycles. The number of nitrogens with zero attached hydrogens (tertiary/aromatic N) is 3. The van der Waals surface area contributed by atoms with E-state index in [2.05, 4.69) is 17.0 Å². The van der Waals surface area contributed by atoms with Gasteiger partial charge in [0.25, 0.3) is 0 Å². The summed E-state index contributed by atoms with van der Waals surface area (Å²) < 4.78 is 1.95. The van der Waals surface area contributed by atoms with E-state index < -0.39 is 0 Å². The van der Waals surface area contributed by atoms with E-state index in [9.17, 15) is 0 Å². The first-order valence-corrected chi connectivity index (χ1v) is 5.26. The average molecular weight is 200 g/mol. The summed E-state index contributed by atoms with van der Waals surface area (Å²) in [5.74, 6) is 1.84. The molecule has 0 unspecified atom stereocenters. The molecule has 0 spiro atoms. The highest BCUT2D eigenvalue weighted by Gasteiger charge is 2.42. The Kier molecular flexibility index (Phi) is 2.28. The third-order valence-electron chi connectivity index (χ3n) is 2.77. The Hall–Kier alpha value is -0.570. The number of aromatic nitrogens is 3. The van der Waals surface area contributed by atoms with Crippen molar-refractivity contribution < 1.29 is 0 Å². The van der Waals surface area contributed by atoms with E-state index in [1.54, 1.807) is 6.33 Å². The molecular formula is C9H14ClN3. The maximum absolute atomic E-state index is 5.91. The molecule has 1 saturated carbocycles. The van der Waals surface area contributed by atoms with Crippen LogP contribution in [0, 0.1) is 5.41 Å². The summed E-state index contributed by atoms with van der Waals surface area (Å²) in [6, 6.07) is 0. The summed E-state index contributed by atoms with van der Waals surface area (Å²) in [5.41, 5.74) is 0.349. The Balaban J connectivity index is 2.09. The number of hydrogen-bond donors (Lipinski definition) is 0. The molecule has 3 nitrogen and oxygen atoms in total. The molecule has 1 aliphatic carbocycles. The van der Waals surface area contributed by atoms with Gasteiger partial charge in [-0.3, -0.25) is 4.68 Å². The van der Waals surface area contributed by atoms with Gasteiger partial charge in [-0.25, -0.2) is 4.98 Å². The maximum atomic E-state index is 5.91. The van der Waals surface area contributed by atoms with Gasteiger partial charge >= 0.3 is 0 Å². The van der Waals surface area contributed by atoms with E-state index in [0.29, 0.717) is 5.41 Å². The summed E-state index contributed by atoms with van der Waals surface area (Å²) in [6.07, 6.45) is 5.10. The molecule has 1 heterocycles. The molecular weight excluding hydrogens is 186 g/mol. The second-order valence-corrected chi connectivity index (χ2v) is 4.07. The van der Waals surface area contributed by atoms with Crippen LogP contribution in [-0.2, 0) is 13.0 Å². The zero-order valence-corrected chi connectivity index (χ0v) is 8.59. The van der Waals surface area contributed by atoms with Gasteiger partial charge in [0.1, 0.15) is 12.2 Å². The quantitative estimate of drug-likeness (QED) is 0.694. The van der Waals surface area contributed by atoms with Gasteiger partial charge < -0.3 is 0 Å². The average Bonchev–Trinajstić information content (AvgIpc) is 2.78. The maximum Gasteiger partial charge on any atom is 0.138 e. The Morgan fingerprint density at radius 1 is 1.62 bits per heavy atom. The summed E-state index contributed by atoms with van der Waals surface area (Å²) in [4.78, 5) is 4.25. The predicted molar refractivity (Wildman–Crippen MR) is 51.8 cm³/mol. The normalized spacial score (nSPS) is 18.9. The van der Waals surface area contributed by atoms with Crippen LogP contribution >= 0.6 is 11.6 Å². The molecule has 0 bridgehead atoms. The largest absolute Gasteiger partial charge is 0.250 e. The van der Waals surface area contributed by atoms with Gasteiger partial charge in [-0.05, 0) is 25.2 Å². The molecule has 1 fully saturated rings. The molecule has 0 amide bonds. The first-order valence-electron chi connectivity index (χ1n) is 4.72. The first kappa shape index (κ1) is 9.00. The molecule has 1 aliphatic rings. The van der Waals surface area contributed by atoms with Crippen molar-refractivity contribution >= 4 is 11.6 Å². The number of aryl methyl sites for hydroxylation is 1. The summed E-state index contributed by atoms with van der Waals surface area (Å²) in [7, 11) is 0. The Bertz CT molecular complexity index is 291. The zero-order chi connectivity index (χ0) is 9.31. The molecule has 0 saturated heterocycles. The molecule has 0 aromatic carbocycles. The minimum Gasteiger partial charge on any atom is -0.250 e. The molecule has 1 aromatic heterocycles. The van der Waals surface area contributed by atoms with Crippen molar-refractivity contribution in [2.24, 2.45) is 5.41 Å². The molecule has 2 rings (SSSR count). The highest BCUT2D eigenvalue weighted by atomic mass is 35.5. The lowest BCUT2D eigenvalue weighted by Crippen LogP contribution is -2.12. The van der Waals surface area contributed by atoms with Crippen molar-refractivity contribution in [2.75, 3.05) is 5.88 Å². The van der Waals surface area contributed by atoms with Crippen LogP contribution in [0.3, 0.4) is 0 Å². The summed E-state index contributed by atoms with van der Waals surface area (Å²) in [5, 5.41) is 4.14. The SMILES string of the molecule is CCn1ncnc1CC1(CCl)CC1. The zero-order valence-electron chi connectivity index (χ0n) is 7.83. The van der Waals surface area contributed by atoms with Gasteiger partial charge in [0.05, 0.1) is 0 Å². The minimum atomic E-state index is 0.349. The second kappa shape index (κ2) is 3.29. The highest BCUT2D eigenvalue weighted by molar-refractivity contribution is 6.18. The fourth-order valence-electron chi connectivity index (χ4n) is 1.56. The van der Waals surface area contributed by atoms with Crippen molar-refractivity contribution in [3.8, 4) is 0 Å². The number of hydrogen-bond acceptors (Lipinski definition) is 2. The smallest absolute Gasteiger partial charge is 0.138 e. The van der Waals surface area contributed by atoms with Gasteiger partial charge in [0.2, 0.25) is 0 Å². The minimum absolute atomic E-state index is 0.349. The fourth-order valence-corrected chi connectivity index (χ4v) is 1.92. The lowest BCUT2D eigenvalue weighted by molar-refractivity contribution is 0.515. The van der Waals surface area contributed by atoms with Crippen LogP contribution in [0.5, 0.6) is 0 Å². The monoisotopic (exact) mass is 199 g/mol. The lowest BCUT2D eigenvalue weighted by Gasteiger charge is -2.10. The standard InChI is InChI=1S/C9H14ClN3/c1-2-13-8(11-7-12-13)5-9(6-10)3-4-9/h7H,2-6H2,1H3. The first-order chi connectivity index (χ1) is 6.29. The Labute approximate surface area is 83.1 Å². The van der Waals surface area contributed by atoms with Gasteiger partial charge in [0.15, 0.2) is 0 Å². The van der Waals surface area contributed by atoms with Crippen molar-refractivity contribution in [3.63, 3.8) is 0 Å². The summed E-state index contributed by atoms with van der Waals surface area (Å²) >= 11 is 5.91. The van der Waals surface area contributed by atoms with Crippen LogP contribution in [0.4, 0.5) is 0 Å². The molecule has 13 heavy (non-hydrogen) atoms. The third kappa shape index (κ3) is 1.70. The van der Waals surface area contributed by atoms with Gasteiger partial charge in [-0.1, -0.05) is 0 Å². The highest BCUT2D eigenvalue weighted by Crippen LogP contribution is 2.48. The van der Waals surface area contributed by atoms with E-state index in [1.165, 1.54) is 12.8 Å². The van der Waals surface area contributed by atoms with Crippen LogP contribution in [0.25, 0.3) is 0 Å². The van der Waals surface area contributed by atoms with Crippen molar-refractivity contribution in [2.45, 2.75) is 32.7 Å². The van der Waals surface area contributed by atoms with Crippen molar-refractivity contribution in [1.82, 2.24) is 14.8 Å². The summed E-state index contributed by atoms with van der Waals surface area (Å²) in [6.45, 7) is 2.98. The molecule has 72 valence electrons. The van der Waals surface area contributed by atoms with Crippen LogP contribution in [0.1, 0.15) is 25.6 Å². The lowest BCUT2D eigenvalue weighted by atomic mass is 10.1. The fraction of sp³-hybridized carbons (Fsp3) is 0.778. The van der Waals surface area contributed by atoms with Crippen molar-refractivity contribution in [3.05, 3.63) is 12.2 Å². The van der Waals surface area contributed by atoms with E-state index in [1.807, 2.05) is 4.68 Å². The second-order valence-electron chi connectivity index (χ2n) is 3.80. The van der Waals surface area contributed by atoms with E-state index in [0.717, 1.165) is 24.7 Å². The number of alkyl halides is 1. The van der Waals surface area contributed by atoms with Gasteiger partial charge in [-0.2, -0.15) is 5.10 Å². The Morgan fingerprint density at radius 3 is 2.92 bits per heavy atom. The Morgan fingerprint density at radius 2 is 2.38 bits per heavy atom.